The molecule has 0 saturated carbocycles. The van der Waals surface area contributed by atoms with Gasteiger partial charge in [-0.05, 0) is 55.7 Å². The number of rotatable bonds is 4. The number of carbonyl (C=O) groups excluding carboxylic acids is 1. The lowest BCUT2D eigenvalue weighted by Crippen LogP contribution is -2.31. The second-order valence-corrected chi connectivity index (χ2v) is 8.17. The van der Waals surface area contributed by atoms with E-state index < -0.39 is 6.04 Å². The standard InChI is InChI=1S/C22H21FN4OS/c1-12-11-13(2)25-22-17(12)14(3)19(29-22)21(28)26-18(20-24-9-10-27(20)4)15-5-7-16(23)8-6-15/h5-11,18H,1-4H3,(H,26,28)/t18-/m1/s1. The average molecular weight is 409 g/mol. The number of amides is 1. The van der Waals surface area contributed by atoms with E-state index in [2.05, 4.69) is 15.3 Å². The van der Waals surface area contributed by atoms with Crippen LogP contribution in [-0.2, 0) is 7.05 Å². The predicted molar refractivity (Wildman–Crippen MR) is 113 cm³/mol. The van der Waals surface area contributed by atoms with Crippen LogP contribution < -0.4 is 5.32 Å². The number of halogens is 1. The fraction of sp³-hybridized carbons (Fsp3) is 0.227. The lowest BCUT2D eigenvalue weighted by atomic mass is 10.0. The molecule has 0 unspecified atom stereocenters. The molecular weight excluding hydrogens is 387 g/mol. The summed E-state index contributed by atoms with van der Waals surface area (Å²) in [5, 5.41) is 4.11. The van der Waals surface area contributed by atoms with Gasteiger partial charge >= 0.3 is 0 Å². The number of pyridine rings is 1. The molecule has 0 fully saturated rings. The Morgan fingerprint density at radius 1 is 1.21 bits per heavy atom. The van der Waals surface area contributed by atoms with Gasteiger partial charge in [-0.25, -0.2) is 14.4 Å². The number of nitrogens with zero attached hydrogens (tertiary/aromatic N) is 3. The molecule has 148 valence electrons. The van der Waals surface area contributed by atoms with E-state index in [0.29, 0.717) is 10.7 Å². The number of benzene rings is 1. The third-order valence-corrected chi connectivity index (χ3v) is 6.21. The van der Waals surface area contributed by atoms with Crippen molar-refractivity contribution in [1.82, 2.24) is 19.9 Å². The predicted octanol–water partition coefficient (Wildman–Crippen LogP) is 4.61. The summed E-state index contributed by atoms with van der Waals surface area (Å²) in [7, 11) is 1.87. The molecule has 1 aromatic carbocycles. The van der Waals surface area contributed by atoms with Crippen LogP contribution in [-0.4, -0.2) is 20.4 Å². The summed E-state index contributed by atoms with van der Waals surface area (Å²) in [5.74, 6) is 0.157. The highest BCUT2D eigenvalue weighted by Gasteiger charge is 2.24. The van der Waals surface area contributed by atoms with Gasteiger partial charge in [0.1, 0.15) is 22.5 Å². The Balaban J connectivity index is 1.75. The highest BCUT2D eigenvalue weighted by atomic mass is 32.1. The zero-order valence-electron chi connectivity index (χ0n) is 16.7. The number of carbonyl (C=O) groups is 1. The minimum Gasteiger partial charge on any atom is -0.337 e. The zero-order valence-corrected chi connectivity index (χ0v) is 17.5. The van der Waals surface area contributed by atoms with Gasteiger partial charge in [-0.1, -0.05) is 12.1 Å². The molecule has 4 rings (SSSR count). The Bertz CT molecular complexity index is 1210. The Kier molecular flexibility index (Phi) is 4.92. The fourth-order valence-corrected chi connectivity index (χ4v) is 4.85. The molecule has 29 heavy (non-hydrogen) atoms. The summed E-state index contributed by atoms with van der Waals surface area (Å²) in [6.07, 6.45) is 3.50. The third-order valence-electron chi connectivity index (χ3n) is 5.03. The van der Waals surface area contributed by atoms with Crippen LogP contribution in [0.25, 0.3) is 10.2 Å². The third kappa shape index (κ3) is 3.53. The molecular formula is C22H21FN4OS. The van der Waals surface area contributed by atoms with Crippen LogP contribution in [0.4, 0.5) is 4.39 Å². The number of aromatic nitrogens is 3. The molecule has 0 bridgehead atoms. The van der Waals surface area contributed by atoms with Crippen molar-refractivity contribution in [3.63, 3.8) is 0 Å². The van der Waals surface area contributed by atoms with Gasteiger partial charge in [-0.15, -0.1) is 11.3 Å². The van der Waals surface area contributed by atoms with Crippen molar-refractivity contribution in [3.8, 4) is 0 Å². The van der Waals surface area contributed by atoms with Crippen molar-refractivity contribution >= 4 is 27.5 Å². The van der Waals surface area contributed by atoms with E-state index in [9.17, 15) is 9.18 Å². The van der Waals surface area contributed by atoms with E-state index in [1.165, 1.54) is 23.5 Å². The molecule has 5 nitrogen and oxygen atoms in total. The number of thiophene rings is 1. The summed E-state index contributed by atoms with van der Waals surface area (Å²) in [6.45, 7) is 5.94. The summed E-state index contributed by atoms with van der Waals surface area (Å²) in [5.41, 5.74) is 3.73. The van der Waals surface area contributed by atoms with E-state index in [1.54, 1.807) is 18.3 Å². The van der Waals surface area contributed by atoms with E-state index in [-0.39, 0.29) is 11.7 Å². The Morgan fingerprint density at radius 3 is 2.59 bits per heavy atom. The van der Waals surface area contributed by atoms with Crippen LogP contribution in [0.2, 0.25) is 0 Å². The number of nitrogens with one attached hydrogen (secondary N) is 1. The maximum atomic E-state index is 13.4. The van der Waals surface area contributed by atoms with Crippen molar-refractivity contribution in [1.29, 1.82) is 0 Å². The second kappa shape index (κ2) is 7.40. The molecule has 0 spiro atoms. The van der Waals surface area contributed by atoms with Crippen LogP contribution in [0, 0.1) is 26.6 Å². The molecule has 3 heterocycles. The quantitative estimate of drug-likeness (QED) is 0.536. The van der Waals surface area contributed by atoms with E-state index in [1.807, 2.05) is 44.6 Å². The molecule has 4 aromatic rings. The molecule has 0 radical (unpaired) electrons. The maximum Gasteiger partial charge on any atom is 0.262 e. The van der Waals surface area contributed by atoms with Crippen LogP contribution in [0.3, 0.4) is 0 Å². The van der Waals surface area contributed by atoms with E-state index >= 15 is 0 Å². The van der Waals surface area contributed by atoms with E-state index in [4.69, 9.17) is 0 Å². The molecule has 1 amide bonds. The van der Waals surface area contributed by atoms with Gasteiger partial charge in [0.15, 0.2) is 0 Å². The van der Waals surface area contributed by atoms with Crippen molar-refractivity contribution in [2.45, 2.75) is 26.8 Å². The maximum absolute atomic E-state index is 13.4. The van der Waals surface area contributed by atoms with Crippen molar-refractivity contribution in [2.24, 2.45) is 7.05 Å². The average Bonchev–Trinajstić information content (AvgIpc) is 3.23. The number of aryl methyl sites for hydroxylation is 4. The van der Waals surface area contributed by atoms with Crippen LogP contribution >= 0.6 is 11.3 Å². The normalized spacial score (nSPS) is 12.3. The van der Waals surface area contributed by atoms with Crippen LogP contribution in [0.1, 0.15) is 43.9 Å². The van der Waals surface area contributed by atoms with Gasteiger partial charge < -0.3 is 9.88 Å². The summed E-state index contributed by atoms with van der Waals surface area (Å²) < 4.78 is 15.3. The number of fused-ring (bicyclic) bond motifs is 1. The first kappa shape index (κ1) is 19.3. The first-order valence-corrected chi connectivity index (χ1v) is 10.1. The molecule has 0 saturated heterocycles. The lowest BCUT2D eigenvalue weighted by Gasteiger charge is -2.19. The van der Waals surface area contributed by atoms with Gasteiger partial charge in [0.25, 0.3) is 5.91 Å². The van der Waals surface area contributed by atoms with Crippen LogP contribution in [0.5, 0.6) is 0 Å². The number of hydrogen-bond acceptors (Lipinski definition) is 4. The van der Waals surface area contributed by atoms with Crippen molar-refractivity contribution in [3.05, 3.63) is 81.6 Å². The van der Waals surface area contributed by atoms with Gasteiger partial charge in [0.05, 0.1) is 4.88 Å². The highest BCUT2D eigenvalue weighted by molar-refractivity contribution is 7.20. The fourth-order valence-electron chi connectivity index (χ4n) is 3.64. The van der Waals surface area contributed by atoms with Crippen LogP contribution in [0.15, 0.2) is 42.7 Å². The highest BCUT2D eigenvalue weighted by Crippen LogP contribution is 2.33. The van der Waals surface area contributed by atoms with Gasteiger partial charge in [-0.2, -0.15) is 0 Å². The summed E-state index contributed by atoms with van der Waals surface area (Å²) >= 11 is 1.39. The topological polar surface area (TPSA) is 59.8 Å². The summed E-state index contributed by atoms with van der Waals surface area (Å²) in [6, 6.07) is 7.64. The zero-order chi connectivity index (χ0) is 20.7. The SMILES string of the molecule is Cc1cc(C)c2c(C)c(C(=O)N[C@H](c3ccc(F)cc3)c3nccn3C)sc2n1. The van der Waals surface area contributed by atoms with Gasteiger partial charge in [-0.3, -0.25) is 4.79 Å². The molecule has 1 N–H and O–H groups in total. The minimum absolute atomic E-state index is 0.195. The lowest BCUT2D eigenvalue weighted by molar-refractivity contribution is 0.0945. The molecule has 3 aromatic heterocycles. The minimum atomic E-state index is -0.497. The van der Waals surface area contributed by atoms with Gasteiger partial charge in [0, 0.05) is 30.5 Å². The molecule has 0 aliphatic carbocycles. The van der Waals surface area contributed by atoms with Crippen molar-refractivity contribution in [2.75, 3.05) is 0 Å². The first-order chi connectivity index (χ1) is 13.8. The Hall–Kier alpha value is -3.06. The second-order valence-electron chi connectivity index (χ2n) is 7.17. The molecule has 7 heteroatoms. The number of imidazole rings is 1. The molecule has 1 atom stereocenters. The van der Waals surface area contributed by atoms with Gasteiger partial charge in [0.2, 0.25) is 0 Å². The summed E-state index contributed by atoms with van der Waals surface area (Å²) in [4.78, 5) is 23.7. The smallest absolute Gasteiger partial charge is 0.262 e. The first-order valence-electron chi connectivity index (χ1n) is 9.26. The van der Waals surface area contributed by atoms with Crippen molar-refractivity contribution < 1.29 is 9.18 Å². The monoisotopic (exact) mass is 408 g/mol. The Morgan fingerprint density at radius 2 is 1.93 bits per heavy atom. The number of hydrogen-bond donors (Lipinski definition) is 1. The largest absolute Gasteiger partial charge is 0.337 e. The molecule has 0 aliphatic rings. The molecule has 0 aliphatic heterocycles. The van der Waals surface area contributed by atoms with E-state index in [0.717, 1.165) is 32.6 Å². The Labute approximate surface area is 172 Å².